The van der Waals surface area contributed by atoms with Crippen LogP contribution in [0.15, 0.2) is 70.7 Å². The van der Waals surface area contributed by atoms with E-state index in [1.54, 1.807) is 12.1 Å². The van der Waals surface area contributed by atoms with E-state index in [-0.39, 0.29) is 21.4 Å². The number of methoxy groups -OCH3 is 1. The lowest BCUT2D eigenvalue weighted by Crippen LogP contribution is -2.15. The number of aromatic nitrogens is 2. The monoisotopic (exact) mass is 434 g/mol. The van der Waals surface area contributed by atoms with E-state index in [0.717, 1.165) is 5.56 Å². The molecule has 11 heteroatoms. The SMILES string of the molecule is COc1cnc(NS(=O)(=O)c2ccc(NS(=O)(=O)c3ccc(C)cc3)cc2)nc1. The van der Waals surface area contributed by atoms with E-state index in [9.17, 15) is 16.8 Å². The van der Waals surface area contributed by atoms with Crippen LogP contribution in [0.3, 0.4) is 0 Å². The first-order valence-corrected chi connectivity index (χ1v) is 11.2. The highest BCUT2D eigenvalue weighted by Gasteiger charge is 2.17. The Morgan fingerprint density at radius 1 is 0.759 bits per heavy atom. The van der Waals surface area contributed by atoms with Crippen LogP contribution in [-0.2, 0) is 20.0 Å². The number of hydrogen-bond donors (Lipinski definition) is 2. The number of anilines is 2. The van der Waals surface area contributed by atoms with Gasteiger partial charge in [-0.05, 0) is 43.3 Å². The first-order chi connectivity index (χ1) is 13.7. The Bertz CT molecular complexity index is 1190. The molecule has 0 radical (unpaired) electrons. The summed E-state index contributed by atoms with van der Waals surface area (Å²) in [5.74, 6) is 0.271. The van der Waals surface area contributed by atoms with Crippen molar-refractivity contribution in [2.45, 2.75) is 16.7 Å². The van der Waals surface area contributed by atoms with E-state index in [1.807, 2.05) is 6.92 Å². The van der Waals surface area contributed by atoms with Crippen molar-refractivity contribution in [1.82, 2.24) is 9.97 Å². The van der Waals surface area contributed by atoms with E-state index in [1.165, 1.54) is 55.9 Å². The van der Waals surface area contributed by atoms with E-state index in [4.69, 9.17) is 4.74 Å². The standard InChI is InChI=1S/C18H18N4O5S2/c1-13-3-7-16(8-4-13)28(23,24)21-14-5-9-17(10-6-14)29(25,26)22-18-19-11-15(27-2)12-20-18/h3-12,21H,1-2H3,(H,19,20,22). The molecule has 0 atom stereocenters. The van der Waals surface area contributed by atoms with Gasteiger partial charge in [0.1, 0.15) is 0 Å². The summed E-state index contributed by atoms with van der Waals surface area (Å²) in [5.41, 5.74) is 1.16. The van der Waals surface area contributed by atoms with Gasteiger partial charge in [-0.3, -0.25) is 4.72 Å². The van der Waals surface area contributed by atoms with E-state index >= 15 is 0 Å². The fourth-order valence-corrected chi connectivity index (χ4v) is 4.30. The van der Waals surface area contributed by atoms with Crippen molar-refractivity contribution in [1.29, 1.82) is 0 Å². The third kappa shape index (κ3) is 5.00. The summed E-state index contributed by atoms with van der Waals surface area (Å²) in [4.78, 5) is 7.73. The maximum atomic E-state index is 12.4. The number of sulfonamides is 2. The summed E-state index contributed by atoms with van der Waals surface area (Å²) < 4.78 is 59.3. The lowest BCUT2D eigenvalue weighted by molar-refractivity contribution is 0.411. The molecule has 0 aliphatic heterocycles. The average Bonchev–Trinajstić information content (AvgIpc) is 2.69. The van der Waals surface area contributed by atoms with Gasteiger partial charge in [-0.25, -0.2) is 31.5 Å². The zero-order valence-electron chi connectivity index (χ0n) is 15.5. The molecule has 0 saturated heterocycles. The molecule has 1 heterocycles. The number of hydrogen-bond acceptors (Lipinski definition) is 7. The highest BCUT2D eigenvalue weighted by atomic mass is 32.2. The van der Waals surface area contributed by atoms with Gasteiger partial charge in [0, 0.05) is 5.69 Å². The first-order valence-electron chi connectivity index (χ1n) is 8.28. The van der Waals surface area contributed by atoms with E-state index in [0.29, 0.717) is 5.75 Å². The minimum atomic E-state index is -3.94. The topological polar surface area (TPSA) is 127 Å². The number of nitrogens with one attached hydrogen (secondary N) is 2. The number of aryl methyl sites for hydroxylation is 1. The van der Waals surface area contributed by atoms with Crippen LogP contribution in [0.2, 0.25) is 0 Å². The maximum Gasteiger partial charge on any atom is 0.264 e. The van der Waals surface area contributed by atoms with Gasteiger partial charge >= 0.3 is 0 Å². The zero-order chi connectivity index (χ0) is 21.1. The predicted molar refractivity (Wildman–Crippen MR) is 108 cm³/mol. The molecule has 29 heavy (non-hydrogen) atoms. The third-order valence-electron chi connectivity index (χ3n) is 3.84. The number of ether oxygens (including phenoxy) is 1. The van der Waals surface area contributed by atoms with Crippen LogP contribution in [0.1, 0.15) is 5.56 Å². The van der Waals surface area contributed by atoms with Gasteiger partial charge in [-0.2, -0.15) is 0 Å². The largest absolute Gasteiger partial charge is 0.494 e. The smallest absolute Gasteiger partial charge is 0.264 e. The molecule has 0 fully saturated rings. The molecule has 0 unspecified atom stereocenters. The van der Waals surface area contributed by atoms with Crippen molar-refractivity contribution in [2.24, 2.45) is 0 Å². The second kappa shape index (κ2) is 8.05. The fraction of sp³-hybridized carbons (Fsp3) is 0.111. The lowest BCUT2D eigenvalue weighted by atomic mass is 10.2. The van der Waals surface area contributed by atoms with Gasteiger partial charge in [-0.15, -0.1) is 0 Å². The average molecular weight is 434 g/mol. The minimum Gasteiger partial charge on any atom is -0.494 e. The van der Waals surface area contributed by atoms with Gasteiger partial charge in [0.05, 0.1) is 29.3 Å². The van der Waals surface area contributed by atoms with Gasteiger partial charge in [0.15, 0.2) is 5.75 Å². The van der Waals surface area contributed by atoms with Crippen molar-refractivity contribution in [3.8, 4) is 5.75 Å². The molecule has 3 aromatic rings. The van der Waals surface area contributed by atoms with Gasteiger partial charge in [0.2, 0.25) is 5.95 Å². The number of rotatable bonds is 7. The van der Waals surface area contributed by atoms with Crippen LogP contribution in [0, 0.1) is 6.92 Å². The predicted octanol–water partition coefficient (Wildman–Crippen LogP) is 2.40. The molecule has 0 saturated carbocycles. The molecular weight excluding hydrogens is 416 g/mol. The Balaban J connectivity index is 1.75. The Morgan fingerprint density at radius 2 is 1.24 bits per heavy atom. The molecule has 152 valence electrons. The summed E-state index contributed by atoms with van der Waals surface area (Å²) in [7, 11) is -6.28. The maximum absolute atomic E-state index is 12.4. The first kappa shape index (κ1) is 20.6. The van der Waals surface area contributed by atoms with Crippen LogP contribution in [0.4, 0.5) is 11.6 Å². The Morgan fingerprint density at radius 3 is 1.76 bits per heavy atom. The quantitative estimate of drug-likeness (QED) is 0.584. The van der Waals surface area contributed by atoms with Crippen LogP contribution in [-0.4, -0.2) is 33.9 Å². The molecule has 0 spiro atoms. The van der Waals surface area contributed by atoms with Crippen LogP contribution in [0.5, 0.6) is 5.75 Å². The molecule has 1 aromatic heterocycles. The third-order valence-corrected chi connectivity index (χ3v) is 6.58. The molecule has 2 aromatic carbocycles. The minimum absolute atomic E-state index is 0.0739. The summed E-state index contributed by atoms with van der Waals surface area (Å²) >= 11 is 0. The molecule has 9 nitrogen and oxygen atoms in total. The number of nitrogens with zero attached hydrogens (tertiary/aromatic N) is 2. The summed E-state index contributed by atoms with van der Waals surface area (Å²) in [5, 5.41) is 0. The molecular formula is C18H18N4O5S2. The van der Waals surface area contributed by atoms with Crippen LogP contribution >= 0.6 is 0 Å². The van der Waals surface area contributed by atoms with Gasteiger partial charge < -0.3 is 4.74 Å². The molecule has 0 aliphatic rings. The van der Waals surface area contributed by atoms with E-state index in [2.05, 4.69) is 19.4 Å². The summed E-state index contributed by atoms with van der Waals surface area (Å²) in [6.07, 6.45) is 2.65. The highest BCUT2D eigenvalue weighted by molar-refractivity contribution is 7.93. The van der Waals surface area contributed by atoms with Crippen molar-refractivity contribution < 1.29 is 21.6 Å². The Hall–Kier alpha value is -3.18. The molecule has 0 aliphatic carbocycles. The summed E-state index contributed by atoms with van der Waals surface area (Å²) in [6.45, 7) is 1.86. The van der Waals surface area contributed by atoms with Crippen LogP contribution in [0.25, 0.3) is 0 Å². The molecule has 3 rings (SSSR count). The van der Waals surface area contributed by atoms with Crippen molar-refractivity contribution in [3.05, 3.63) is 66.5 Å². The molecule has 0 amide bonds. The summed E-state index contributed by atoms with van der Waals surface area (Å²) in [6, 6.07) is 11.6. The van der Waals surface area contributed by atoms with Gasteiger partial charge in [-0.1, -0.05) is 17.7 Å². The second-order valence-corrected chi connectivity index (χ2v) is 9.36. The number of benzene rings is 2. The zero-order valence-corrected chi connectivity index (χ0v) is 17.2. The van der Waals surface area contributed by atoms with Crippen molar-refractivity contribution >= 4 is 31.7 Å². The molecule has 2 N–H and O–H groups in total. The highest BCUT2D eigenvalue weighted by Crippen LogP contribution is 2.20. The van der Waals surface area contributed by atoms with Crippen molar-refractivity contribution in [3.63, 3.8) is 0 Å². The van der Waals surface area contributed by atoms with Crippen molar-refractivity contribution in [2.75, 3.05) is 16.6 Å². The second-order valence-electron chi connectivity index (χ2n) is 5.99. The normalized spacial score (nSPS) is 11.7. The van der Waals surface area contributed by atoms with Gasteiger partial charge in [0.25, 0.3) is 20.0 Å². The molecule has 0 bridgehead atoms. The Labute approximate surface area is 168 Å². The van der Waals surface area contributed by atoms with Crippen LogP contribution < -0.4 is 14.2 Å². The van der Waals surface area contributed by atoms with E-state index < -0.39 is 20.0 Å². The Kier molecular flexibility index (Phi) is 5.71. The lowest BCUT2D eigenvalue weighted by Gasteiger charge is -2.10. The fourth-order valence-electron chi connectivity index (χ4n) is 2.29.